The van der Waals surface area contributed by atoms with Crippen molar-refractivity contribution in [2.24, 2.45) is 0 Å². The molecule has 120 valence electrons. The molecule has 0 amide bonds. The number of halogens is 2. The average molecular weight is 505 g/mol. The van der Waals surface area contributed by atoms with E-state index in [1.807, 2.05) is 0 Å². The third-order valence-corrected chi connectivity index (χ3v) is 6.54. The van der Waals surface area contributed by atoms with Crippen molar-refractivity contribution in [3.8, 4) is 0 Å². The fourth-order valence-electron chi connectivity index (χ4n) is 3.09. The molecule has 0 spiro atoms. The summed E-state index contributed by atoms with van der Waals surface area (Å²) in [4.78, 5) is 0. The van der Waals surface area contributed by atoms with Gasteiger partial charge in [0.15, 0.2) is 0 Å². The van der Waals surface area contributed by atoms with Crippen LogP contribution in [0.4, 0.5) is 0 Å². The second-order valence-electron chi connectivity index (χ2n) is 5.43. The molecule has 0 atom stereocenters. The Morgan fingerprint density at radius 1 is 0.750 bits per heavy atom. The number of rotatable bonds is 3. The molecule has 0 aromatic heterocycles. The van der Waals surface area contributed by atoms with Crippen molar-refractivity contribution in [2.75, 3.05) is 6.16 Å². The maximum Gasteiger partial charge on any atom is 4.00 e. The number of hydrogen-bond donors (Lipinski definition) is 0. The predicted molar refractivity (Wildman–Crippen MR) is 95.8 cm³/mol. The van der Waals surface area contributed by atoms with Crippen LogP contribution in [0.3, 0.4) is 0 Å². The second kappa shape index (κ2) is 8.78. The van der Waals surface area contributed by atoms with Crippen LogP contribution in [0, 0.1) is 0 Å². The average Bonchev–Trinajstić information content (AvgIpc) is 3.11. The monoisotopic (exact) mass is 506 g/mol. The van der Waals surface area contributed by atoms with Crippen LogP contribution in [0.1, 0.15) is 6.92 Å². The Labute approximate surface area is 160 Å². The largest absolute Gasteiger partial charge is 4.00 e. The summed E-state index contributed by atoms with van der Waals surface area (Å²) in [6.07, 6.45) is 1.20. The first-order valence-corrected chi connectivity index (χ1v) is 8.96. The van der Waals surface area contributed by atoms with Gasteiger partial charge in [-0.05, 0) is 6.16 Å². The first-order chi connectivity index (χ1) is 10.3. The first kappa shape index (κ1) is 20.9. The van der Waals surface area contributed by atoms with E-state index in [0.29, 0.717) is 0 Å². The quantitative estimate of drug-likeness (QED) is 0.189. The number of fused-ring (bicyclic) bond motifs is 2. The Balaban J connectivity index is 0.000000960. The molecule has 0 fully saturated rings. The molecule has 0 N–H and O–H groups in total. The number of benzene rings is 2. The maximum absolute atomic E-state index is 2.38. The van der Waals surface area contributed by atoms with Gasteiger partial charge in [0.1, 0.15) is 0 Å². The minimum atomic E-state index is -0.242. The van der Waals surface area contributed by atoms with E-state index in [1.165, 1.54) is 38.3 Å². The van der Waals surface area contributed by atoms with Gasteiger partial charge >= 0.3 is 25.8 Å². The molecule has 4 aromatic carbocycles. The molecule has 0 nitrogen and oxygen atoms in total. The molecule has 0 saturated carbocycles. The van der Waals surface area contributed by atoms with E-state index in [9.17, 15) is 0 Å². The van der Waals surface area contributed by atoms with E-state index in [4.69, 9.17) is 0 Å². The molecule has 0 aliphatic carbocycles. The van der Waals surface area contributed by atoms with Crippen LogP contribution in [-0.2, 0) is 25.8 Å². The van der Waals surface area contributed by atoms with Crippen molar-refractivity contribution in [3.63, 3.8) is 0 Å². The molecule has 0 saturated heterocycles. The van der Waals surface area contributed by atoms with E-state index in [2.05, 4.69) is 79.7 Å². The fraction of sp³-hybridized carbons (Fsp3) is 0.100. The first-order valence-electron chi connectivity index (χ1n) is 7.43. The molecular formula is C20H17F2HfP. The summed E-state index contributed by atoms with van der Waals surface area (Å²) in [6.45, 7) is 2.31. The molecule has 24 heavy (non-hydrogen) atoms. The fourth-order valence-corrected chi connectivity index (χ4v) is 5.30. The van der Waals surface area contributed by atoms with Gasteiger partial charge in [-0.1, -0.05) is 27.0 Å². The van der Waals surface area contributed by atoms with Gasteiger partial charge in [0, 0.05) is 0 Å². The summed E-state index contributed by atoms with van der Waals surface area (Å²) in [5.74, 6) is 0. The summed E-state index contributed by atoms with van der Waals surface area (Å²) < 4.78 is 0. The Morgan fingerprint density at radius 3 is 1.54 bits per heavy atom. The Bertz CT molecular complexity index is 770. The van der Waals surface area contributed by atoms with Gasteiger partial charge in [0.2, 0.25) is 0 Å². The molecule has 0 aliphatic heterocycles. The summed E-state index contributed by atoms with van der Waals surface area (Å²) in [6, 6.07) is 26.8. The third-order valence-electron chi connectivity index (χ3n) is 4.15. The van der Waals surface area contributed by atoms with Gasteiger partial charge in [-0.3, -0.25) is 0 Å². The van der Waals surface area contributed by atoms with Crippen LogP contribution in [0.25, 0.3) is 21.5 Å². The molecule has 0 heterocycles. The normalized spacial score (nSPS) is 10.2. The van der Waals surface area contributed by atoms with Crippen molar-refractivity contribution in [1.82, 2.24) is 0 Å². The van der Waals surface area contributed by atoms with E-state index < -0.39 is 0 Å². The van der Waals surface area contributed by atoms with Crippen LogP contribution in [-0.4, -0.2) is 6.16 Å². The molecule has 4 rings (SSSR count). The molecule has 4 heteroatoms. The van der Waals surface area contributed by atoms with Crippen LogP contribution in [0.15, 0.2) is 72.8 Å². The molecule has 4 aromatic rings. The topological polar surface area (TPSA) is 0 Å². The zero-order valence-corrected chi connectivity index (χ0v) is 17.8. The van der Waals surface area contributed by atoms with Crippen LogP contribution >= 0.6 is 7.92 Å². The zero-order chi connectivity index (χ0) is 14.2. The Hall–Kier alpha value is -1.18. The Kier molecular flexibility index (Phi) is 7.63. The standard InChI is InChI=1S/C20H17P.2FH.Hf/c1-2-21(19-11-15-7-3-4-8-16(15)12-19)20-13-17-9-5-6-10-18(17)14-20;;;/h3-14H,2H2,1H3;2*1H;/q-2;;;+4/p-2. The van der Waals surface area contributed by atoms with Crippen LogP contribution in [0.2, 0.25) is 0 Å². The van der Waals surface area contributed by atoms with Gasteiger partial charge in [-0.15, -0.1) is 80.7 Å². The molecule has 0 aliphatic rings. The molecule has 0 unspecified atom stereocenters. The number of hydrogen-bond acceptors (Lipinski definition) is 0. The minimum absolute atomic E-state index is 0. The zero-order valence-electron chi connectivity index (χ0n) is 13.3. The van der Waals surface area contributed by atoms with Crippen molar-refractivity contribution in [3.05, 3.63) is 72.8 Å². The Morgan fingerprint density at radius 2 is 1.17 bits per heavy atom. The smallest absolute Gasteiger partial charge is 1.00 e. The van der Waals surface area contributed by atoms with Crippen molar-refractivity contribution in [2.45, 2.75) is 6.92 Å². The molecule has 0 bridgehead atoms. The maximum atomic E-state index is 2.38. The summed E-state index contributed by atoms with van der Waals surface area (Å²) in [5, 5.41) is 8.47. The summed E-state index contributed by atoms with van der Waals surface area (Å²) >= 11 is 0. The van der Waals surface area contributed by atoms with Crippen LogP contribution in [0.5, 0.6) is 0 Å². The summed E-state index contributed by atoms with van der Waals surface area (Å²) in [7, 11) is -0.242. The van der Waals surface area contributed by atoms with E-state index in [1.54, 1.807) is 0 Å². The third kappa shape index (κ3) is 3.73. The predicted octanol–water partition coefficient (Wildman–Crippen LogP) is -1.11. The van der Waals surface area contributed by atoms with E-state index in [0.717, 1.165) is 0 Å². The molecular weight excluding hydrogens is 488 g/mol. The van der Waals surface area contributed by atoms with Gasteiger partial charge in [0.25, 0.3) is 0 Å². The van der Waals surface area contributed by atoms with Crippen LogP contribution < -0.4 is 20.0 Å². The van der Waals surface area contributed by atoms with Gasteiger partial charge in [-0.2, -0.15) is 12.1 Å². The van der Waals surface area contributed by atoms with E-state index >= 15 is 0 Å². The van der Waals surface area contributed by atoms with E-state index in [-0.39, 0.29) is 43.2 Å². The minimum Gasteiger partial charge on any atom is -1.00 e. The second-order valence-corrected chi connectivity index (χ2v) is 7.95. The molecule has 0 radical (unpaired) electrons. The van der Waals surface area contributed by atoms with Gasteiger partial charge in [0.05, 0.1) is 0 Å². The van der Waals surface area contributed by atoms with Gasteiger partial charge < -0.3 is 9.41 Å². The van der Waals surface area contributed by atoms with Crippen molar-refractivity contribution in [1.29, 1.82) is 0 Å². The summed E-state index contributed by atoms with van der Waals surface area (Å²) in [5.41, 5.74) is 0. The van der Waals surface area contributed by atoms with Gasteiger partial charge in [-0.25, -0.2) is 0 Å². The SMILES string of the molecule is CCP(c1cc2ccccc2[cH-]1)c1cc2ccccc2[cH-]1.[F-].[F-].[Hf+4]. The van der Waals surface area contributed by atoms with Crippen molar-refractivity contribution < 1.29 is 35.3 Å². The van der Waals surface area contributed by atoms with Crippen molar-refractivity contribution >= 4 is 40.1 Å².